The Bertz CT molecular complexity index is 379. The molecule has 1 heterocycles. The van der Waals surface area contributed by atoms with Crippen molar-refractivity contribution in [3.05, 3.63) is 24.0 Å². The van der Waals surface area contributed by atoms with E-state index in [0.29, 0.717) is 31.5 Å². The highest BCUT2D eigenvalue weighted by Crippen LogP contribution is 2.10. The number of aromatic nitrogens is 1. The van der Waals surface area contributed by atoms with Crippen LogP contribution in [0.4, 0.5) is 0 Å². The summed E-state index contributed by atoms with van der Waals surface area (Å²) in [4.78, 5) is 14.5. The maximum atomic E-state index is 10.7. The van der Waals surface area contributed by atoms with Gasteiger partial charge in [0.1, 0.15) is 12.4 Å². The van der Waals surface area contributed by atoms with Crippen molar-refractivity contribution >= 4 is 5.97 Å². The van der Waals surface area contributed by atoms with E-state index in [1.807, 2.05) is 0 Å². The molecule has 0 bridgehead atoms. The van der Waals surface area contributed by atoms with Gasteiger partial charge in [0, 0.05) is 12.8 Å². The molecule has 1 aromatic rings. The van der Waals surface area contributed by atoms with Gasteiger partial charge in [-0.15, -0.1) is 0 Å². The highest BCUT2D eigenvalue weighted by atomic mass is 16.5. The van der Waals surface area contributed by atoms with Gasteiger partial charge < -0.3 is 14.6 Å². The van der Waals surface area contributed by atoms with Gasteiger partial charge in [0.15, 0.2) is 0 Å². The summed E-state index contributed by atoms with van der Waals surface area (Å²) in [6.07, 6.45) is 3.80. The van der Waals surface area contributed by atoms with E-state index >= 15 is 0 Å². The summed E-state index contributed by atoms with van der Waals surface area (Å²) < 4.78 is 10.7. The quantitative estimate of drug-likeness (QED) is 0.719. The molecule has 0 amide bonds. The third-order valence-electron chi connectivity index (χ3n) is 2.30. The molecular formula is C13H19NO4. The van der Waals surface area contributed by atoms with Gasteiger partial charge in [-0.2, -0.15) is 0 Å². The van der Waals surface area contributed by atoms with E-state index in [0.717, 1.165) is 6.42 Å². The average Bonchev–Trinajstić information content (AvgIpc) is 2.33. The molecule has 1 rings (SSSR count). The van der Waals surface area contributed by atoms with Crippen LogP contribution in [0.1, 0.15) is 30.6 Å². The van der Waals surface area contributed by atoms with Crippen molar-refractivity contribution in [2.24, 2.45) is 5.92 Å². The molecule has 0 aliphatic heterocycles. The molecule has 0 spiro atoms. The lowest BCUT2D eigenvalue weighted by Gasteiger charge is -2.08. The first-order valence-corrected chi connectivity index (χ1v) is 5.98. The summed E-state index contributed by atoms with van der Waals surface area (Å²) in [6.45, 7) is 5.88. The Morgan fingerprint density at radius 2 is 2.11 bits per heavy atom. The first-order chi connectivity index (χ1) is 8.59. The second-order valence-corrected chi connectivity index (χ2v) is 4.36. The Kier molecular flexibility index (Phi) is 6.14. The van der Waals surface area contributed by atoms with Crippen molar-refractivity contribution in [2.45, 2.75) is 20.3 Å². The fourth-order valence-electron chi connectivity index (χ4n) is 1.25. The first-order valence-electron chi connectivity index (χ1n) is 5.98. The van der Waals surface area contributed by atoms with Gasteiger partial charge in [-0.1, -0.05) is 13.8 Å². The molecule has 0 aliphatic carbocycles. The van der Waals surface area contributed by atoms with Crippen molar-refractivity contribution in [3.8, 4) is 5.75 Å². The normalized spacial score (nSPS) is 10.6. The predicted octanol–water partition coefficient (Wildman–Crippen LogP) is 2.22. The molecule has 5 nitrogen and oxygen atoms in total. The van der Waals surface area contributed by atoms with Crippen molar-refractivity contribution in [3.63, 3.8) is 0 Å². The number of rotatable bonds is 8. The summed E-state index contributed by atoms with van der Waals surface area (Å²) in [5.74, 6) is 0.0610. The fourth-order valence-corrected chi connectivity index (χ4v) is 1.25. The van der Waals surface area contributed by atoms with Crippen LogP contribution in [0.5, 0.6) is 5.75 Å². The molecule has 0 aliphatic rings. The molecule has 0 saturated heterocycles. The summed E-state index contributed by atoms with van der Waals surface area (Å²) in [7, 11) is 0. The zero-order valence-corrected chi connectivity index (χ0v) is 10.8. The average molecular weight is 253 g/mol. The lowest BCUT2D eigenvalue weighted by Crippen LogP contribution is -2.09. The number of carboxylic acid groups (broad SMARTS) is 1. The first kappa shape index (κ1) is 14.4. The number of carbonyl (C=O) groups is 1. The lowest BCUT2D eigenvalue weighted by atomic mass is 10.1. The van der Waals surface area contributed by atoms with E-state index in [1.165, 1.54) is 18.5 Å². The molecule has 0 atom stereocenters. The number of ether oxygens (including phenoxy) is 2. The molecule has 0 saturated carbocycles. The van der Waals surface area contributed by atoms with Crippen LogP contribution in [-0.4, -0.2) is 35.9 Å². The Morgan fingerprint density at radius 3 is 2.78 bits per heavy atom. The summed E-state index contributed by atoms with van der Waals surface area (Å²) >= 11 is 0. The van der Waals surface area contributed by atoms with E-state index in [4.69, 9.17) is 14.6 Å². The zero-order chi connectivity index (χ0) is 13.4. The molecule has 1 N–H and O–H groups in total. The molecule has 0 fully saturated rings. The largest absolute Gasteiger partial charge is 0.490 e. The number of nitrogens with zero attached hydrogens (tertiary/aromatic N) is 1. The molecular weight excluding hydrogens is 234 g/mol. The lowest BCUT2D eigenvalue weighted by molar-refractivity contribution is 0.0695. The van der Waals surface area contributed by atoms with Crippen LogP contribution in [0.15, 0.2) is 18.5 Å². The van der Waals surface area contributed by atoms with E-state index in [9.17, 15) is 4.79 Å². The van der Waals surface area contributed by atoms with Crippen molar-refractivity contribution < 1.29 is 19.4 Å². The van der Waals surface area contributed by atoms with Crippen LogP contribution in [-0.2, 0) is 4.74 Å². The number of aromatic carboxylic acids is 1. The Morgan fingerprint density at radius 1 is 1.33 bits per heavy atom. The maximum Gasteiger partial charge on any atom is 0.337 e. The number of hydrogen-bond acceptors (Lipinski definition) is 4. The van der Waals surface area contributed by atoms with Gasteiger partial charge in [0.05, 0.1) is 18.4 Å². The van der Waals surface area contributed by atoms with E-state index in [1.54, 1.807) is 0 Å². The third-order valence-corrected chi connectivity index (χ3v) is 2.30. The van der Waals surface area contributed by atoms with Gasteiger partial charge >= 0.3 is 5.97 Å². The summed E-state index contributed by atoms with van der Waals surface area (Å²) in [5.41, 5.74) is 0.119. The third kappa shape index (κ3) is 5.63. The Labute approximate surface area is 107 Å². The van der Waals surface area contributed by atoms with Crippen molar-refractivity contribution in [1.29, 1.82) is 0 Å². The number of carboxylic acids is 1. The molecule has 18 heavy (non-hydrogen) atoms. The minimum Gasteiger partial charge on any atom is -0.490 e. The van der Waals surface area contributed by atoms with Crippen LogP contribution < -0.4 is 4.74 Å². The van der Waals surface area contributed by atoms with Gasteiger partial charge in [-0.3, -0.25) is 4.98 Å². The molecule has 0 unspecified atom stereocenters. The van der Waals surface area contributed by atoms with Crippen LogP contribution in [0, 0.1) is 5.92 Å². The van der Waals surface area contributed by atoms with Crippen LogP contribution >= 0.6 is 0 Å². The second-order valence-electron chi connectivity index (χ2n) is 4.36. The minimum absolute atomic E-state index is 0.119. The van der Waals surface area contributed by atoms with Crippen LogP contribution in [0.25, 0.3) is 0 Å². The predicted molar refractivity (Wildman–Crippen MR) is 67.0 cm³/mol. The molecule has 0 aromatic carbocycles. The standard InChI is InChI=1S/C13H19NO4/c1-10(2)3-4-17-5-6-18-12-7-11(13(15)16)8-14-9-12/h7-10H,3-6H2,1-2H3,(H,15,16). The number of pyridine rings is 1. The minimum atomic E-state index is -1.01. The van der Waals surface area contributed by atoms with Gasteiger partial charge in [0.25, 0.3) is 0 Å². The SMILES string of the molecule is CC(C)CCOCCOc1cncc(C(=O)O)c1. The number of hydrogen-bond donors (Lipinski definition) is 1. The Balaban J connectivity index is 2.23. The monoisotopic (exact) mass is 253 g/mol. The van der Waals surface area contributed by atoms with E-state index in [-0.39, 0.29) is 5.56 Å². The fraction of sp³-hybridized carbons (Fsp3) is 0.538. The molecule has 5 heteroatoms. The van der Waals surface area contributed by atoms with Gasteiger partial charge in [-0.25, -0.2) is 4.79 Å². The van der Waals surface area contributed by atoms with E-state index in [2.05, 4.69) is 18.8 Å². The summed E-state index contributed by atoms with van der Waals surface area (Å²) in [5, 5.41) is 8.78. The van der Waals surface area contributed by atoms with Gasteiger partial charge in [-0.05, 0) is 18.4 Å². The van der Waals surface area contributed by atoms with Crippen LogP contribution in [0.3, 0.4) is 0 Å². The smallest absolute Gasteiger partial charge is 0.337 e. The Hall–Kier alpha value is -1.62. The van der Waals surface area contributed by atoms with E-state index < -0.39 is 5.97 Å². The zero-order valence-electron chi connectivity index (χ0n) is 10.8. The topological polar surface area (TPSA) is 68.7 Å². The molecule has 100 valence electrons. The highest BCUT2D eigenvalue weighted by molar-refractivity contribution is 5.87. The summed E-state index contributed by atoms with van der Waals surface area (Å²) in [6, 6.07) is 1.45. The molecule has 1 aromatic heterocycles. The van der Waals surface area contributed by atoms with Crippen LogP contribution in [0.2, 0.25) is 0 Å². The highest BCUT2D eigenvalue weighted by Gasteiger charge is 2.04. The van der Waals surface area contributed by atoms with Gasteiger partial charge in [0.2, 0.25) is 0 Å². The van der Waals surface area contributed by atoms with Crippen molar-refractivity contribution in [1.82, 2.24) is 4.98 Å². The van der Waals surface area contributed by atoms with Crippen molar-refractivity contribution in [2.75, 3.05) is 19.8 Å². The molecule has 0 radical (unpaired) electrons. The maximum absolute atomic E-state index is 10.7. The second kappa shape index (κ2) is 7.66.